The van der Waals surface area contributed by atoms with Crippen molar-refractivity contribution in [1.82, 2.24) is 4.90 Å². The minimum absolute atomic E-state index is 0.319. The third-order valence-corrected chi connectivity index (χ3v) is 3.71. The fourth-order valence-corrected chi connectivity index (χ4v) is 2.41. The molecule has 1 saturated heterocycles. The molecule has 1 amide bonds. The van der Waals surface area contributed by atoms with Gasteiger partial charge in [0.1, 0.15) is 0 Å². The van der Waals surface area contributed by atoms with Crippen LogP contribution in [0.5, 0.6) is 0 Å². The quantitative estimate of drug-likeness (QED) is 0.797. The first-order chi connectivity index (χ1) is 7.54. The van der Waals surface area contributed by atoms with E-state index in [1.54, 1.807) is 0 Å². The average Bonchev–Trinajstić information content (AvgIpc) is 2.25. The molecule has 3 atom stereocenters. The molecule has 1 heterocycles. The number of carbonyl (C=O) groups excluding carboxylic acids is 1. The number of rotatable bonds is 4. The zero-order valence-electron chi connectivity index (χ0n) is 10.9. The van der Waals surface area contributed by atoms with Crippen LogP contribution in [0.1, 0.15) is 46.5 Å². The van der Waals surface area contributed by atoms with Crippen molar-refractivity contribution in [3.63, 3.8) is 0 Å². The van der Waals surface area contributed by atoms with E-state index in [1.165, 1.54) is 0 Å². The highest BCUT2D eigenvalue weighted by Gasteiger charge is 2.26. The molecule has 2 N–H and O–H groups in total. The molecule has 0 radical (unpaired) electrons. The third-order valence-electron chi connectivity index (χ3n) is 3.71. The first kappa shape index (κ1) is 13.5. The first-order valence-electron chi connectivity index (χ1n) is 6.54. The average molecular weight is 226 g/mol. The molecule has 1 aliphatic rings. The summed E-state index contributed by atoms with van der Waals surface area (Å²) >= 11 is 0. The monoisotopic (exact) mass is 226 g/mol. The Morgan fingerprint density at radius 3 is 2.75 bits per heavy atom. The summed E-state index contributed by atoms with van der Waals surface area (Å²) < 4.78 is 0. The number of hydrogen-bond acceptors (Lipinski definition) is 2. The van der Waals surface area contributed by atoms with Crippen LogP contribution in [0.25, 0.3) is 0 Å². The molecule has 0 aromatic heterocycles. The molecule has 3 heteroatoms. The summed E-state index contributed by atoms with van der Waals surface area (Å²) in [6.45, 7) is 8.17. The van der Waals surface area contributed by atoms with Crippen LogP contribution in [0.15, 0.2) is 0 Å². The third kappa shape index (κ3) is 3.78. The van der Waals surface area contributed by atoms with E-state index in [1.807, 2.05) is 0 Å². The molecular formula is C13H26N2O. The minimum Gasteiger partial charge on any atom is -0.340 e. The van der Waals surface area contributed by atoms with E-state index in [4.69, 9.17) is 5.73 Å². The van der Waals surface area contributed by atoms with E-state index in [2.05, 4.69) is 25.7 Å². The first-order valence-corrected chi connectivity index (χ1v) is 6.54. The highest BCUT2D eigenvalue weighted by atomic mass is 16.2. The molecule has 0 aliphatic carbocycles. The smallest absolute Gasteiger partial charge is 0.222 e. The van der Waals surface area contributed by atoms with Gasteiger partial charge in [0.15, 0.2) is 0 Å². The molecule has 3 nitrogen and oxygen atoms in total. The Labute approximate surface area is 99.4 Å². The summed E-state index contributed by atoms with van der Waals surface area (Å²) in [6, 6.07) is 0.421. The Kier molecular flexibility index (Phi) is 5.26. The van der Waals surface area contributed by atoms with Gasteiger partial charge in [-0.2, -0.15) is 0 Å². The Morgan fingerprint density at radius 2 is 2.19 bits per heavy atom. The van der Waals surface area contributed by atoms with E-state index >= 15 is 0 Å². The van der Waals surface area contributed by atoms with Crippen LogP contribution in [-0.2, 0) is 4.79 Å². The van der Waals surface area contributed by atoms with Gasteiger partial charge in [-0.1, -0.05) is 13.8 Å². The highest BCUT2D eigenvalue weighted by molar-refractivity contribution is 5.76. The van der Waals surface area contributed by atoms with Gasteiger partial charge in [-0.3, -0.25) is 4.79 Å². The van der Waals surface area contributed by atoms with Gasteiger partial charge >= 0.3 is 0 Å². The molecule has 94 valence electrons. The summed E-state index contributed by atoms with van der Waals surface area (Å²) in [7, 11) is 0. The fraction of sp³-hybridized carbons (Fsp3) is 0.923. The number of amides is 1. The van der Waals surface area contributed by atoms with Gasteiger partial charge in [0.05, 0.1) is 0 Å². The summed E-state index contributed by atoms with van der Waals surface area (Å²) in [5, 5.41) is 0. The minimum atomic E-state index is 0.319. The summed E-state index contributed by atoms with van der Waals surface area (Å²) in [6.07, 6.45) is 3.89. The van der Waals surface area contributed by atoms with Gasteiger partial charge in [-0.25, -0.2) is 0 Å². The predicted octanol–water partition coefficient (Wildman–Crippen LogP) is 2.01. The Balaban J connectivity index is 2.36. The van der Waals surface area contributed by atoms with Crippen molar-refractivity contribution in [1.29, 1.82) is 0 Å². The van der Waals surface area contributed by atoms with Crippen molar-refractivity contribution in [2.75, 3.05) is 13.1 Å². The Hall–Kier alpha value is -0.570. The fourth-order valence-electron chi connectivity index (χ4n) is 2.41. The zero-order valence-corrected chi connectivity index (χ0v) is 10.9. The Bertz CT molecular complexity index is 230. The normalized spacial score (nSPS) is 27.9. The van der Waals surface area contributed by atoms with Crippen molar-refractivity contribution >= 4 is 5.91 Å². The maximum Gasteiger partial charge on any atom is 0.222 e. The lowest BCUT2D eigenvalue weighted by molar-refractivity contribution is -0.135. The van der Waals surface area contributed by atoms with E-state index in [0.29, 0.717) is 30.8 Å². The van der Waals surface area contributed by atoms with Crippen LogP contribution < -0.4 is 5.73 Å². The van der Waals surface area contributed by atoms with E-state index in [0.717, 1.165) is 31.7 Å². The van der Waals surface area contributed by atoms with E-state index in [-0.39, 0.29) is 0 Å². The molecule has 1 aliphatic heterocycles. The Morgan fingerprint density at radius 1 is 1.50 bits per heavy atom. The van der Waals surface area contributed by atoms with Crippen LogP contribution in [0.4, 0.5) is 0 Å². The highest BCUT2D eigenvalue weighted by Crippen LogP contribution is 2.23. The van der Waals surface area contributed by atoms with Crippen LogP contribution in [0.2, 0.25) is 0 Å². The van der Waals surface area contributed by atoms with Crippen LogP contribution in [0, 0.1) is 11.8 Å². The molecule has 1 rings (SSSR count). The maximum absolute atomic E-state index is 12.0. The zero-order chi connectivity index (χ0) is 12.1. The van der Waals surface area contributed by atoms with Gasteiger partial charge < -0.3 is 10.6 Å². The van der Waals surface area contributed by atoms with Crippen molar-refractivity contribution in [3.8, 4) is 0 Å². The topological polar surface area (TPSA) is 46.3 Å². The van der Waals surface area contributed by atoms with Crippen LogP contribution in [0.3, 0.4) is 0 Å². The second-order valence-corrected chi connectivity index (χ2v) is 5.45. The number of nitrogens with two attached hydrogens (primary N) is 1. The molecule has 0 bridgehead atoms. The molecule has 1 fully saturated rings. The van der Waals surface area contributed by atoms with Crippen LogP contribution in [-0.4, -0.2) is 29.9 Å². The van der Waals surface area contributed by atoms with Crippen molar-refractivity contribution in [2.45, 2.75) is 52.5 Å². The molecule has 16 heavy (non-hydrogen) atoms. The molecule has 0 aromatic carbocycles. The van der Waals surface area contributed by atoms with Crippen molar-refractivity contribution in [2.24, 2.45) is 17.6 Å². The van der Waals surface area contributed by atoms with E-state index in [9.17, 15) is 4.79 Å². The van der Waals surface area contributed by atoms with Gasteiger partial charge in [0.25, 0.3) is 0 Å². The van der Waals surface area contributed by atoms with Crippen molar-refractivity contribution < 1.29 is 4.79 Å². The maximum atomic E-state index is 12.0. The lowest BCUT2D eigenvalue weighted by Gasteiger charge is -2.36. The second-order valence-electron chi connectivity index (χ2n) is 5.45. The van der Waals surface area contributed by atoms with Crippen LogP contribution >= 0.6 is 0 Å². The van der Waals surface area contributed by atoms with Gasteiger partial charge in [0.2, 0.25) is 5.91 Å². The molecule has 0 aromatic rings. The largest absolute Gasteiger partial charge is 0.340 e. The molecule has 3 unspecified atom stereocenters. The molecule has 0 spiro atoms. The number of carbonyl (C=O) groups is 1. The second kappa shape index (κ2) is 6.24. The lowest BCUT2D eigenvalue weighted by atomic mass is 9.93. The SMILES string of the molecule is CC(CN)CCC(=O)N1CCC(C)CC1C. The van der Waals surface area contributed by atoms with Gasteiger partial charge in [-0.15, -0.1) is 0 Å². The number of likely N-dealkylation sites (tertiary alicyclic amines) is 1. The molecule has 0 saturated carbocycles. The summed E-state index contributed by atoms with van der Waals surface area (Å²) in [5.74, 6) is 1.55. The standard InChI is InChI=1S/C13H26N2O/c1-10-6-7-15(12(3)8-10)13(16)5-4-11(2)9-14/h10-12H,4-9,14H2,1-3H3. The molecular weight excluding hydrogens is 200 g/mol. The lowest BCUT2D eigenvalue weighted by Crippen LogP contribution is -2.44. The summed E-state index contributed by atoms with van der Waals surface area (Å²) in [4.78, 5) is 14.1. The number of nitrogens with zero attached hydrogens (tertiary/aromatic N) is 1. The number of hydrogen-bond donors (Lipinski definition) is 1. The van der Waals surface area contributed by atoms with Crippen molar-refractivity contribution in [3.05, 3.63) is 0 Å². The van der Waals surface area contributed by atoms with E-state index < -0.39 is 0 Å². The van der Waals surface area contributed by atoms with Gasteiger partial charge in [0, 0.05) is 19.0 Å². The number of piperidine rings is 1. The predicted molar refractivity (Wildman–Crippen MR) is 67.0 cm³/mol. The summed E-state index contributed by atoms with van der Waals surface area (Å²) in [5.41, 5.74) is 5.56. The van der Waals surface area contributed by atoms with Gasteiger partial charge in [-0.05, 0) is 44.6 Å².